The molecule has 2 saturated heterocycles. The topological polar surface area (TPSA) is 87.2 Å². The van der Waals surface area contributed by atoms with Crippen molar-refractivity contribution in [2.45, 2.75) is 26.2 Å². The molecule has 2 amide bonds. The van der Waals surface area contributed by atoms with Gasteiger partial charge in [-0.15, -0.1) is 0 Å². The molecule has 7 heteroatoms. The molecule has 0 saturated carbocycles. The van der Waals surface area contributed by atoms with Crippen LogP contribution < -0.4 is 9.64 Å². The Morgan fingerprint density at radius 2 is 1.88 bits per heavy atom. The lowest BCUT2D eigenvalue weighted by atomic mass is 9.95. The second kappa shape index (κ2) is 7.35. The molecule has 2 heterocycles. The van der Waals surface area contributed by atoms with Gasteiger partial charge < -0.3 is 19.6 Å². The number of amides is 2. The number of rotatable bonds is 4. The lowest BCUT2D eigenvalue weighted by Crippen LogP contribution is -2.43. The molecule has 7 nitrogen and oxygen atoms in total. The van der Waals surface area contributed by atoms with Crippen molar-refractivity contribution in [3.8, 4) is 5.75 Å². The molecule has 0 aromatic heterocycles. The average Bonchev–Trinajstić information content (AvgIpc) is 3.02. The summed E-state index contributed by atoms with van der Waals surface area (Å²) in [6.07, 6.45) is 1.11. The summed E-state index contributed by atoms with van der Waals surface area (Å²) in [5.74, 6) is -1.11. The molecule has 1 atom stereocenters. The van der Waals surface area contributed by atoms with Crippen molar-refractivity contribution in [3.63, 3.8) is 0 Å². The van der Waals surface area contributed by atoms with Crippen LogP contribution in [-0.2, 0) is 14.4 Å². The highest BCUT2D eigenvalue weighted by Crippen LogP contribution is 2.34. The smallest absolute Gasteiger partial charge is 0.306 e. The Morgan fingerprint density at radius 3 is 2.50 bits per heavy atom. The van der Waals surface area contributed by atoms with E-state index in [1.165, 1.54) is 0 Å². The summed E-state index contributed by atoms with van der Waals surface area (Å²) in [6, 6.07) is 5.63. The molecule has 140 valence electrons. The lowest BCUT2D eigenvalue weighted by Gasteiger charge is -2.31. The molecule has 0 radical (unpaired) electrons. The molecular weight excluding hydrogens is 336 g/mol. The van der Waals surface area contributed by atoms with Gasteiger partial charge in [-0.2, -0.15) is 0 Å². The highest BCUT2D eigenvalue weighted by atomic mass is 16.5. The van der Waals surface area contributed by atoms with Crippen molar-refractivity contribution >= 4 is 23.5 Å². The number of piperidine rings is 1. The molecule has 0 bridgehead atoms. The molecule has 3 rings (SSSR count). The van der Waals surface area contributed by atoms with Crippen LogP contribution in [0.25, 0.3) is 0 Å². The van der Waals surface area contributed by atoms with E-state index in [2.05, 4.69) is 0 Å². The second-order valence-electron chi connectivity index (χ2n) is 7.02. The van der Waals surface area contributed by atoms with E-state index in [1.54, 1.807) is 16.9 Å². The Bertz CT molecular complexity index is 725. The molecule has 2 aliphatic rings. The number of carbonyl (C=O) groups is 3. The van der Waals surface area contributed by atoms with Crippen LogP contribution in [0.1, 0.15) is 24.8 Å². The van der Waals surface area contributed by atoms with Crippen molar-refractivity contribution in [1.82, 2.24) is 4.90 Å². The Morgan fingerprint density at radius 1 is 1.19 bits per heavy atom. The Balaban J connectivity index is 1.69. The summed E-state index contributed by atoms with van der Waals surface area (Å²) in [5.41, 5.74) is 1.71. The first-order chi connectivity index (χ1) is 12.4. The number of anilines is 1. The molecule has 1 aromatic rings. The van der Waals surface area contributed by atoms with Crippen LogP contribution >= 0.6 is 0 Å². The van der Waals surface area contributed by atoms with Gasteiger partial charge in [0.1, 0.15) is 5.75 Å². The lowest BCUT2D eigenvalue weighted by molar-refractivity contribution is -0.146. The number of hydrogen-bond acceptors (Lipinski definition) is 4. The van der Waals surface area contributed by atoms with Crippen LogP contribution in [0.4, 0.5) is 5.69 Å². The number of benzene rings is 1. The van der Waals surface area contributed by atoms with Gasteiger partial charge in [-0.3, -0.25) is 14.4 Å². The number of likely N-dealkylation sites (tertiary alicyclic amines) is 1. The van der Waals surface area contributed by atoms with Crippen molar-refractivity contribution in [1.29, 1.82) is 0 Å². The van der Waals surface area contributed by atoms with Crippen LogP contribution in [0.3, 0.4) is 0 Å². The standard InChI is InChI=1S/C19H24N2O5/c1-12-3-4-16(26-2)15(9-12)21-11-14(10-17(21)22)18(23)20-7-5-13(6-8-20)19(24)25/h3-4,9,13-14H,5-8,10-11H2,1-2H3,(H,24,25)/t14-/m1/s1. The van der Waals surface area contributed by atoms with E-state index in [0.717, 1.165) is 5.56 Å². The first kappa shape index (κ1) is 18.2. The van der Waals surface area contributed by atoms with Gasteiger partial charge in [0.2, 0.25) is 11.8 Å². The number of methoxy groups -OCH3 is 1. The van der Waals surface area contributed by atoms with E-state index in [1.807, 2.05) is 25.1 Å². The number of aliphatic carboxylic acids is 1. The predicted octanol–water partition coefficient (Wildman–Crippen LogP) is 1.68. The number of carboxylic acids is 1. The highest BCUT2D eigenvalue weighted by Gasteiger charge is 2.39. The maximum atomic E-state index is 12.8. The molecule has 2 aliphatic heterocycles. The van der Waals surface area contributed by atoms with Gasteiger partial charge in [-0.25, -0.2) is 0 Å². The molecular formula is C19H24N2O5. The third-order valence-corrected chi connectivity index (χ3v) is 5.26. The summed E-state index contributed by atoms with van der Waals surface area (Å²) in [5, 5.41) is 9.08. The number of ether oxygens (including phenoxy) is 1. The van der Waals surface area contributed by atoms with Crippen LogP contribution in [0.2, 0.25) is 0 Å². The Hall–Kier alpha value is -2.57. The number of carbonyl (C=O) groups excluding carboxylic acids is 2. The van der Waals surface area contributed by atoms with E-state index < -0.39 is 11.9 Å². The van der Waals surface area contributed by atoms with E-state index in [9.17, 15) is 14.4 Å². The number of nitrogens with zero attached hydrogens (tertiary/aromatic N) is 2. The largest absolute Gasteiger partial charge is 0.495 e. The molecule has 2 fully saturated rings. The SMILES string of the molecule is COc1ccc(C)cc1N1C[C@H](C(=O)N2CCC(C(=O)O)CC2)CC1=O. The van der Waals surface area contributed by atoms with E-state index in [0.29, 0.717) is 43.9 Å². The fourth-order valence-electron chi connectivity index (χ4n) is 3.72. The minimum absolute atomic E-state index is 0.0590. The fraction of sp³-hybridized carbons (Fsp3) is 0.526. The quantitative estimate of drug-likeness (QED) is 0.883. The summed E-state index contributed by atoms with van der Waals surface area (Å²) < 4.78 is 5.36. The zero-order valence-electron chi connectivity index (χ0n) is 15.1. The van der Waals surface area contributed by atoms with Crippen LogP contribution in [0, 0.1) is 18.8 Å². The van der Waals surface area contributed by atoms with Gasteiger partial charge in [-0.1, -0.05) is 6.07 Å². The third-order valence-electron chi connectivity index (χ3n) is 5.26. The van der Waals surface area contributed by atoms with Crippen molar-refractivity contribution in [3.05, 3.63) is 23.8 Å². The first-order valence-corrected chi connectivity index (χ1v) is 8.87. The van der Waals surface area contributed by atoms with Gasteiger partial charge in [0, 0.05) is 26.1 Å². The summed E-state index contributed by atoms with van der Waals surface area (Å²) in [6.45, 7) is 3.15. The minimum Gasteiger partial charge on any atom is -0.495 e. The number of carboxylic acid groups (broad SMARTS) is 1. The molecule has 0 unspecified atom stereocenters. The zero-order valence-corrected chi connectivity index (χ0v) is 15.1. The van der Waals surface area contributed by atoms with Gasteiger partial charge >= 0.3 is 5.97 Å². The van der Waals surface area contributed by atoms with Crippen LogP contribution in [0.5, 0.6) is 5.75 Å². The molecule has 26 heavy (non-hydrogen) atoms. The fourth-order valence-corrected chi connectivity index (χ4v) is 3.72. The van der Waals surface area contributed by atoms with Gasteiger partial charge in [0.05, 0.1) is 24.6 Å². The van der Waals surface area contributed by atoms with Crippen molar-refractivity contribution in [2.75, 3.05) is 31.6 Å². The van der Waals surface area contributed by atoms with E-state index in [4.69, 9.17) is 9.84 Å². The number of aryl methyl sites for hydroxylation is 1. The molecule has 1 aromatic carbocycles. The third kappa shape index (κ3) is 3.52. The molecule has 0 spiro atoms. The predicted molar refractivity (Wildman–Crippen MR) is 95.1 cm³/mol. The maximum absolute atomic E-state index is 12.8. The first-order valence-electron chi connectivity index (χ1n) is 8.87. The van der Waals surface area contributed by atoms with E-state index in [-0.39, 0.29) is 24.2 Å². The maximum Gasteiger partial charge on any atom is 0.306 e. The monoisotopic (exact) mass is 360 g/mol. The Labute approximate surface area is 152 Å². The van der Waals surface area contributed by atoms with Gasteiger partial charge in [0.15, 0.2) is 0 Å². The Kier molecular flexibility index (Phi) is 5.15. The van der Waals surface area contributed by atoms with Crippen molar-refractivity contribution in [2.24, 2.45) is 11.8 Å². The highest BCUT2D eigenvalue weighted by molar-refractivity contribution is 6.01. The molecule has 0 aliphatic carbocycles. The molecule has 1 N–H and O–H groups in total. The number of hydrogen-bond donors (Lipinski definition) is 1. The van der Waals surface area contributed by atoms with Crippen LogP contribution in [0.15, 0.2) is 18.2 Å². The van der Waals surface area contributed by atoms with Crippen LogP contribution in [-0.4, -0.2) is 54.5 Å². The summed E-state index contributed by atoms with van der Waals surface area (Å²) in [7, 11) is 1.56. The van der Waals surface area contributed by atoms with Gasteiger partial charge in [0.25, 0.3) is 0 Å². The van der Waals surface area contributed by atoms with Crippen molar-refractivity contribution < 1.29 is 24.2 Å². The summed E-state index contributed by atoms with van der Waals surface area (Å²) in [4.78, 5) is 39.7. The minimum atomic E-state index is -0.800. The normalized spacial score (nSPS) is 21.2. The van der Waals surface area contributed by atoms with E-state index >= 15 is 0 Å². The van der Waals surface area contributed by atoms with Gasteiger partial charge in [-0.05, 0) is 37.5 Å². The average molecular weight is 360 g/mol. The summed E-state index contributed by atoms with van der Waals surface area (Å²) >= 11 is 0. The zero-order chi connectivity index (χ0) is 18.8. The second-order valence-corrected chi connectivity index (χ2v) is 7.02.